The highest BCUT2D eigenvalue weighted by Crippen LogP contribution is 2.26. The lowest BCUT2D eigenvalue weighted by molar-refractivity contribution is 0.259. The summed E-state index contributed by atoms with van der Waals surface area (Å²) in [4.78, 5) is 15.5. The van der Waals surface area contributed by atoms with Gasteiger partial charge in [-0.15, -0.1) is 6.58 Å². The average Bonchev–Trinajstić information content (AvgIpc) is 2.54. The van der Waals surface area contributed by atoms with Gasteiger partial charge in [0.05, 0.1) is 17.6 Å². The van der Waals surface area contributed by atoms with Crippen molar-refractivity contribution in [1.82, 2.24) is 10.3 Å². The number of rotatable bonds is 6. The van der Waals surface area contributed by atoms with Crippen molar-refractivity contribution in [2.24, 2.45) is 0 Å². The molecule has 0 spiro atoms. The van der Waals surface area contributed by atoms with Crippen LogP contribution in [0.2, 0.25) is 5.02 Å². The van der Waals surface area contributed by atoms with Gasteiger partial charge in [0.15, 0.2) is 0 Å². The predicted octanol–water partition coefficient (Wildman–Crippen LogP) is 3.12. The number of nitrogens with zero attached hydrogens (tertiary/aromatic N) is 1. The molecule has 1 aromatic carbocycles. The molecule has 0 aliphatic heterocycles. The Balaban J connectivity index is 2.22. The van der Waals surface area contributed by atoms with E-state index in [1.54, 1.807) is 30.3 Å². The van der Waals surface area contributed by atoms with Gasteiger partial charge in [0, 0.05) is 23.5 Å². The van der Waals surface area contributed by atoms with Crippen LogP contribution in [-0.4, -0.2) is 25.2 Å². The summed E-state index contributed by atoms with van der Waals surface area (Å²) in [5, 5.41) is 4.60. The van der Waals surface area contributed by atoms with E-state index in [0.29, 0.717) is 16.4 Å². The molecule has 24 heavy (non-hydrogen) atoms. The number of pyridine rings is 1. The van der Waals surface area contributed by atoms with E-state index < -0.39 is 15.3 Å². The Morgan fingerprint density at radius 3 is 2.79 bits per heavy atom. The minimum absolute atomic E-state index is 0.0421. The van der Waals surface area contributed by atoms with Crippen molar-refractivity contribution >= 4 is 43.9 Å². The van der Waals surface area contributed by atoms with Crippen molar-refractivity contribution in [3.63, 3.8) is 0 Å². The van der Waals surface area contributed by atoms with Gasteiger partial charge in [-0.1, -0.05) is 23.7 Å². The second-order valence-corrected chi connectivity index (χ2v) is 6.64. The molecule has 0 aliphatic carbocycles. The maximum Gasteiger partial charge on any atom is 0.357 e. The van der Waals surface area contributed by atoms with Gasteiger partial charge in [0.25, 0.3) is 0 Å². The first-order valence-electron chi connectivity index (χ1n) is 6.80. The second kappa shape index (κ2) is 7.80. The minimum atomic E-state index is -4.26. The zero-order valence-corrected chi connectivity index (χ0v) is 14.1. The summed E-state index contributed by atoms with van der Waals surface area (Å²) in [5.74, 6) is 0. The molecule has 0 aliphatic rings. The van der Waals surface area contributed by atoms with Crippen LogP contribution in [0.15, 0.2) is 55.4 Å². The van der Waals surface area contributed by atoms with E-state index in [1.807, 2.05) is 0 Å². The van der Waals surface area contributed by atoms with Crippen molar-refractivity contribution in [3.05, 3.63) is 60.4 Å². The van der Waals surface area contributed by atoms with E-state index in [0.717, 1.165) is 0 Å². The molecule has 1 aromatic heterocycles. The molecule has 0 saturated heterocycles. The van der Waals surface area contributed by atoms with Crippen molar-refractivity contribution in [3.8, 4) is 0 Å². The van der Waals surface area contributed by atoms with Crippen LogP contribution < -0.4 is 15.4 Å². The Bertz CT molecular complexity index is 855. The normalized spacial score (nSPS) is 10.7. The molecule has 1 heterocycles. The summed E-state index contributed by atoms with van der Waals surface area (Å²) in [6, 6.07) is 8.48. The number of amides is 1. The molecule has 2 rings (SSSR count). The first kappa shape index (κ1) is 17.8. The Hall–Kier alpha value is -2.58. The number of carbonyl (C=O) groups excluding carboxylic acids is 1. The van der Waals surface area contributed by atoms with E-state index in [-0.39, 0.29) is 12.2 Å². The zero-order chi connectivity index (χ0) is 17.6. The molecule has 1 amide bonds. The minimum Gasteiger partial charge on any atom is -0.354 e. The number of hydrogen-bond acceptors (Lipinski definition) is 5. The average molecular weight is 367 g/mol. The van der Waals surface area contributed by atoms with Crippen LogP contribution in [0.5, 0.6) is 0 Å². The first-order chi connectivity index (χ1) is 11.4. The van der Waals surface area contributed by atoms with Crippen LogP contribution in [0.3, 0.4) is 0 Å². The summed E-state index contributed by atoms with van der Waals surface area (Å²) in [6.45, 7) is 3.45. The summed E-state index contributed by atoms with van der Waals surface area (Å²) in [5.41, 5.74) is 1.21. The lowest BCUT2D eigenvalue weighted by atomic mass is 10.3. The number of carbonyl (C=O) groups is 1. The van der Waals surface area contributed by atoms with Gasteiger partial charge in [-0.25, -0.2) is 0 Å². The van der Waals surface area contributed by atoms with Gasteiger partial charge in [0.1, 0.15) is 0 Å². The summed E-state index contributed by atoms with van der Waals surface area (Å²) in [7, 11) is -4.26. The molecule has 126 valence electrons. The van der Waals surface area contributed by atoms with Gasteiger partial charge in [-0.2, -0.15) is 8.42 Å². The molecular weight excluding hydrogens is 352 g/mol. The maximum atomic E-state index is 12.0. The van der Waals surface area contributed by atoms with Gasteiger partial charge in [-0.05, 0) is 24.3 Å². The topological polar surface area (TPSA) is 100 Å². The van der Waals surface area contributed by atoms with Crippen LogP contribution in [0.1, 0.15) is 0 Å². The van der Waals surface area contributed by atoms with Crippen LogP contribution in [0.25, 0.3) is 0 Å². The maximum absolute atomic E-state index is 12.0. The molecule has 0 radical (unpaired) electrons. The van der Waals surface area contributed by atoms with Crippen molar-refractivity contribution in [1.29, 1.82) is 0 Å². The smallest absolute Gasteiger partial charge is 0.354 e. The highest BCUT2D eigenvalue weighted by atomic mass is 35.5. The second-order valence-electron chi connectivity index (χ2n) is 4.62. The first-order valence-corrected chi connectivity index (χ1v) is 8.66. The number of benzene rings is 1. The van der Waals surface area contributed by atoms with Crippen LogP contribution in [0, 0.1) is 0 Å². The van der Waals surface area contributed by atoms with Crippen molar-refractivity contribution in [2.75, 3.05) is 16.6 Å². The van der Waals surface area contributed by atoms with E-state index in [4.69, 9.17) is 11.6 Å². The monoisotopic (exact) mass is 366 g/mol. The standard InChI is InChI=1S/C15H15ClN4O3S/c1-2-7-18-15(21)24(22,23)20-14-10-17-8-6-13(14)19-12-5-3-4-11(16)9-12/h2-6,8-10,20H,1,7H2,(H,17,19)(H,18,21). The van der Waals surface area contributed by atoms with Crippen LogP contribution in [0.4, 0.5) is 21.9 Å². The Morgan fingerprint density at radius 1 is 1.29 bits per heavy atom. The number of aromatic nitrogens is 1. The third-order valence-corrected chi connectivity index (χ3v) is 4.16. The zero-order valence-electron chi connectivity index (χ0n) is 12.5. The summed E-state index contributed by atoms with van der Waals surface area (Å²) < 4.78 is 26.3. The van der Waals surface area contributed by atoms with Crippen LogP contribution >= 0.6 is 11.6 Å². The molecule has 7 nitrogen and oxygen atoms in total. The van der Waals surface area contributed by atoms with Crippen LogP contribution in [-0.2, 0) is 10.0 Å². The van der Waals surface area contributed by atoms with E-state index in [9.17, 15) is 13.2 Å². The molecule has 2 aromatic rings. The fourth-order valence-corrected chi connectivity index (χ4v) is 2.76. The number of nitrogens with one attached hydrogen (secondary N) is 3. The molecule has 0 bridgehead atoms. The highest BCUT2D eigenvalue weighted by molar-refractivity contribution is 8.07. The number of sulfonamides is 1. The third-order valence-electron chi connectivity index (χ3n) is 2.80. The van der Waals surface area contributed by atoms with Gasteiger partial charge < -0.3 is 10.6 Å². The molecular formula is C15H15ClN4O3S. The molecule has 0 fully saturated rings. The van der Waals surface area contributed by atoms with E-state index >= 15 is 0 Å². The van der Waals surface area contributed by atoms with Crippen molar-refractivity contribution in [2.45, 2.75) is 0 Å². The number of anilines is 3. The van der Waals surface area contributed by atoms with Gasteiger partial charge in [-0.3, -0.25) is 14.5 Å². The Morgan fingerprint density at radius 2 is 2.08 bits per heavy atom. The van der Waals surface area contributed by atoms with Crippen molar-refractivity contribution < 1.29 is 13.2 Å². The van der Waals surface area contributed by atoms with E-state index in [2.05, 4.69) is 26.9 Å². The number of hydrogen-bond donors (Lipinski definition) is 3. The largest absolute Gasteiger partial charge is 0.357 e. The Labute approximate surface area is 144 Å². The predicted molar refractivity (Wildman–Crippen MR) is 95.1 cm³/mol. The fourth-order valence-electron chi connectivity index (χ4n) is 1.75. The lowest BCUT2D eigenvalue weighted by Gasteiger charge is -2.13. The van der Waals surface area contributed by atoms with E-state index in [1.165, 1.54) is 18.5 Å². The summed E-state index contributed by atoms with van der Waals surface area (Å²) >= 11 is 5.92. The molecule has 0 saturated carbocycles. The van der Waals surface area contributed by atoms with Gasteiger partial charge >= 0.3 is 15.3 Å². The molecule has 9 heteroatoms. The quantitative estimate of drug-likeness (QED) is 0.682. The molecule has 0 unspecified atom stereocenters. The van der Waals surface area contributed by atoms with Gasteiger partial charge in [0.2, 0.25) is 0 Å². The lowest BCUT2D eigenvalue weighted by Crippen LogP contribution is -2.34. The number of halogens is 1. The molecule has 3 N–H and O–H groups in total. The third kappa shape index (κ3) is 4.71. The SMILES string of the molecule is C=CCNC(=O)S(=O)(=O)Nc1cnccc1Nc1cccc(Cl)c1. The molecule has 0 atom stereocenters. The summed E-state index contributed by atoms with van der Waals surface area (Å²) in [6.07, 6.45) is 4.16. The highest BCUT2D eigenvalue weighted by Gasteiger charge is 2.22. The fraction of sp³-hybridized carbons (Fsp3) is 0.0667. The Kier molecular flexibility index (Phi) is 5.78.